The Kier molecular flexibility index (Phi) is 5.19. The SMILES string of the molecule is Cc1nc2nc(NC(C)c3cncc(F)c3)nc(C(O)N3CC[C@H](O)C3)c2s1. The van der Waals surface area contributed by atoms with Gasteiger partial charge >= 0.3 is 0 Å². The minimum absolute atomic E-state index is 0.293. The van der Waals surface area contributed by atoms with Gasteiger partial charge in [-0.05, 0) is 31.9 Å². The van der Waals surface area contributed by atoms with E-state index in [0.717, 1.165) is 15.9 Å². The summed E-state index contributed by atoms with van der Waals surface area (Å²) in [6.07, 6.45) is 1.92. The van der Waals surface area contributed by atoms with Crippen molar-refractivity contribution >= 4 is 27.6 Å². The van der Waals surface area contributed by atoms with E-state index < -0.39 is 18.1 Å². The Morgan fingerprint density at radius 1 is 1.32 bits per heavy atom. The number of likely N-dealkylation sites (tertiary alicyclic amines) is 1. The van der Waals surface area contributed by atoms with Crippen LogP contribution in [-0.2, 0) is 0 Å². The van der Waals surface area contributed by atoms with E-state index in [0.29, 0.717) is 42.4 Å². The summed E-state index contributed by atoms with van der Waals surface area (Å²) in [5, 5.41) is 24.6. The van der Waals surface area contributed by atoms with Crippen LogP contribution < -0.4 is 5.32 Å². The van der Waals surface area contributed by atoms with E-state index in [-0.39, 0.29) is 6.04 Å². The average Bonchev–Trinajstić information content (AvgIpc) is 3.25. The highest BCUT2D eigenvalue weighted by Crippen LogP contribution is 2.32. The minimum atomic E-state index is -0.964. The zero-order valence-corrected chi connectivity index (χ0v) is 16.3. The Labute approximate surface area is 165 Å². The second-order valence-electron chi connectivity index (χ2n) is 6.93. The van der Waals surface area contributed by atoms with Gasteiger partial charge in [0.2, 0.25) is 5.95 Å². The summed E-state index contributed by atoms with van der Waals surface area (Å²) in [6, 6.07) is 1.11. The number of aliphatic hydroxyl groups excluding tert-OH is 2. The quantitative estimate of drug-likeness (QED) is 0.594. The van der Waals surface area contributed by atoms with Gasteiger partial charge in [-0.2, -0.15) is 4.98 Å². The molecule has 10 heteroatoms. The fraction of sp³-hybridized carbons (Fsp3) is 0.444. The first-order chi connectivity index (χ1) is 13.4. The minimum Gasteiger partial charge on any atom is -0.392 e. The van der Waals surface area contributed by atoms with Gasteiger partial charge in [0, 0.05) is 19.3 Å². The molecule has 1 saturated heterocycles. The number of aromatic nitrogens is 4. The van der Waals surface area contributed by atoms with Crippen molar-refractivity contribution in [2.24, 2.45) is 0 Å². The molecule has 0 radical (unpaired) electrons. The number of fused-ring (bicyclic) bond motifs is 1. The number of nitrogens with one attached hydrogen (secondary N) is 1. The molecule has 8 nitrogen and oxygen atoms in total. The van der Waals surface area contributed by atoms with Crippen molar-refractivity contribution < 1.29 is 14.6 Å². The normalized spacial score (nSPS) is 19.8. The number of hydrogen-bond donors (Lipinski definition) is 3. The third-order valence-electron chi connectivity index (χ3n) is 4.74. The molecule has 4 heterocycles. The molecule has 0 aliphatic carbocycles. The van der Waals surface area contributed by atoms with Gasteiger partial charge in [0.1, 0.15) is 11.5 Å². The predicted octanol–water partition coefficient (Wildman–Crippen LogP) is 2.16. The lowest BCUT2D eigenvalue weighted by Gasteiger charge is -2.23. The van der Waals surface area contributed by atoms with Crippen LogP contribution in [0.5, 0.6) is 0 Å². The predicted molar refractivity (Wildman–Crippen MR) is 103 cm³/mol. The molecule has 2 unspecified atom stereocenters. The Balaban J connectivity index is 1.67. The van der Waals surface area contributed by atoms with Crippen LogP contribution >= 0.6 is 11.3 Å². The molecular formula is C18H21FN6O2S. The van der Waals surface area contributed by atoms with Crippen molar-refractivity contribution in [1.29, 1.82) is 0 Å². The van der Waals surface area contributed by atoms with Crippen molar-refractivity contribution in [2.45, 2.75) is 38.6 Å². The number of rotatable bonds is 5. The monoisotopic (exact) mass is 404 g/mol. The van der Waals surface area contributed by atoms with Crippen LogP contribution in [0.4, 0.5) is 10.3 Å². The Morgan fingerprint density at radius 2 is 2.14 bits per heavy atom. The molecule has 0 bridgehead atoms. The van der Waals surface area contributed by atoms with Gasteiger partial charge in [-0.15, -0.1) is 11.3 Å². The molecule has 3 aromatic rings. The first-order valence-corrected chi connectivity index (χ1v) is 9.84. The highest BCUT2D eigenvalue weighted by molar-refractivity contribution is 7.18. The first kappa shape index (κ1) is 19.1. The zero-order chi connectivity index (χ0) is 19.8. The molecule has 0 spiro atoms. The molecule has 0 aromatic carbocycles. The van der Waals surface area contributed by atoms with E-state index in [1.165, 1.54) is 17.4 Å². The summed E-state index contributed by atoms with van der Waals surface area (Å²) in [4.78, 5) is 19.1. The highest BCUT2D eigenvalue weighted by atomic mass is 32.1. The molecule has 0 saturated carbocycles. The molecule has 1 aliphatic heterocycles. The molecule has 3 N–H and O–H groups in total. The van der Waals surface area contributed by atoms with Crippen LogP contribution in [0.3, 0.4) is 0 Å². The summed E-state index contributed by atoms with van der Waals surface area (Å²) >= 11 is 1.42. The average molecular weight is 404 g/mol. The van der Waals surface area contributed by atoms with Gasteiger partial charge in [-0.3, -0.25) is 9.88 Å². The largest absolute Gasteiger partial charge is 0.392 e. The van der Waals surface area contributed by atoms with E-state index in [2.05, 4.69) is 25.3 Å². The van der Waals surface area contributed by atoms with E-state index in [4.69, 9.17) is 0 Å². The maximum atomic E-state index is 13.5. The summed E-state index contributed by atoms with van der Waals surface area (Å²) in [5.41, 5.74) is 1.61. The lowest BCUT2D eigenvalue weighted by Crippen LogP contribution is -2.28. The van der Waals surface area contributed by atoms with Crippen LogP contribution in [0.1, 0.15) is 41.9 Å². The van der Waals surface area contributed by atoms with Crippen molar-refractivity contribution in [2.75, 3.05) is 18.4 Å². The van der Waals surface area contributed by atoms with Gasteiger partial charge in [-0.25, -0.2) is 14.4 Å². The highest BCUT2D eigenvalue weighted by Gasteiger charge is 2.30. The lowest BCUT2D eigenvalue weighted by atomic mass is 10.1. The number of thiazole rings is 1. The number of β-amino-alcohol motifs (C(OH)–C–C–N with tert-alkyl or cyclic N) is 1. The second-order valence-corrected chi connectivity index (χ2v) is 8.13. The number of aliphatic hydroxyl groups is 2. The number of pyridine rings is 1. The Bertz CT molecular complexity index is 999. The Hall–Kier alpha value is -2.27. The second kappa shape index (κ2) is 7.63. The maximum absolute atomic E-state index is 13.5. The van der Waals surface area contributed by atoms with Crippen molar-refractivity contribution in [3.05, 3.63) is 40.5 Å². The molecule has 0 amide bonds. The zero-order valence-electron chi connectivity index (χ0n) is 15.5. The van der Waals surface area contributed by atoms with Gasteiger partial charge in [0.25, 0.3) is 0 Å². The molecule has 1 aliphatic rings. The van der Waals surface area contributed by atoms with E-state index >= 15 is 0 Å². The van der Waals surface area contributed by atoms with Gasteiger partial charge in [-0.1, -0.05) is 0 Å². The van der Waals surface area contributed by atoms with Crippen LogP contribution in [0.2, 0.25) is 0 Å². The summed E-state index contributed by atoms with van der Waals surface area (Å²) < 4.78 is 14.2. The molecule has 3 atom stereocenters. The number of aryl methyl sites for hydroxylation is 1. The van der Waals surface area contributed by atoms with Gasteiger partial charge in [0.05, 0.1) is 28.1 Å². The lowest BCUT2D eigenvalue weighted by molar-refractivity contribution is 0.00844. The third kappa shape index (κ3) is 3.81. The first-order valence-electron chi connectivity index (χ1n) is 9.03. The third-order valence-corrected chi connectivity index (χ3v) is 5.73. The number of halogens is 1. The standard InChI is InChI=1S/C18H21FN6O2S/c1-9(11-5-12(19)7-20-6-11)21-18-23-14(15-16(24-18)22-10(2)28-15)17(27)25-4-3-13(26)8-25/h5-7,9,13,17,26-27H,3-4,8H2,1-2H3,(H,21,23,24)/t9?,13-,17?/m0/s1. The molecule has 148 valence electrons. The molecule has 1 fully saturated rings. The van der Waals surface area contributed by atoms with Gasteiger partial charge in [0.15, 0.2) is 11.9 Å². The number of hydrogen-bond acceptors (Lipinski definition) is 9. The van der Waals surface area contributed by atoms with E-state index in [1.807, 2.05) is 13.8 Å². The van der Waals surface area contributed by atoms with E-state index in [9.17, 15) is 14.6 Å². The van der Waals surface area contributed by atoms with Crippen LogP contribution in [0.15, 0.2) is 18.5 Å². The summed E-state index contributed by atoms with van der Waals surface area (Å²) in [5.74, 6) is -0.121. The van der Waals surface area contributed by atoms with Crippen LogP contribution in [0.25, 0.3) is 10.3 Å². The maximum Gasteiger partial charge on any atom is 0.225 e. The van der Waals surface area contributed by atoms with Crippen LogP contribution in [0, 0.1) is 12.7 Å². The fourth-order valence-electron chi connectivity index (χ4n) is 3.29. The molecule has 3 aromatic heterocycles. The van der Waals surface area contributed by atoms with Crippen molar-refractivity contribution in [3.8, 4) is 0 Å². The summed E-state index contributed by atoms with van der Waals surface area (Å²) in [7, 11) is 0. The molecule has 28 heavy (non-hydrogen) atoms. The van der Waals surface area contributed by atoms with E-state index in [1.54, 1.807) is 11.1 Å². The van der Waals surface area contributed by atoms with Gasteiger partial charge < -0.3 is 15.5 Å². The number of nitrogens with zero attached hydrogens (tertiary/aromatic N) is 5. The summed E-state index contributed by atoms with van der Waals surface area (Å²) in [6.45, 7) is 4.69. The number of anilines is 1. The molecule has 4 rings (SSSR count). The topological polar surface area (TPSA) is 107 Å². The van der Waals surface area contributed by atoms with Crippen molar-refractivity contribution in [3.63, 3.8) is 0 Å². The molecular weight excluding hydrogens is 383 g/mol. The Morgan fingerprint density at radius 3 is 2.86 bits per heavy atom. The fourth-order valence-corrected chi connectivity index (χ4v) is 4.16. The smallest absolute Gasteiger partial charge is 0.225 e. The van der Waals surface area contributed by atoms with Crippen LogP contribution in [-0.4, -0.2) is 54.2 Å². The van der Waals surface area contributed by atoms with Crippen molar-refractivity contribution in [1.82, 2.24) is 24.8 Å².